The van der Waals surface area contributed by atoms with Crippen LogP contribution in [0.1, 0.15) is 81.1 Å². The Morgan fingerprint density at radius 1 is 0.794 bits per heavy atom. The molecule has 3 aromatic carbocycles. The second kappa shape index (κ2) is 11.7. The van der Waals surface area contributed by atoms with Crippen molar-refractivity contribution in [2.45, 2.75) is 78.3 Å². The summed E-state index contributed by atoms with van der Waals surface area (Å²) in [6.45, 7) is 8.81. The van der Waals surface area contributed by atoms with Crippen molar-refractivity contribution in [1.82, 2.24) is 0 Å². The molecule has 34 heavy (non-hydrogen) atoms. The summed E-state index contributed by atoms with van der Waals surface area (Å²) in [5.41, 5.74) is 6.51. The van der Waals surface area contributed by atoms with Gasteiger partial charge in [-0.3, -0.25) is 0 Å². The van der Waals surface area contributed by atoms with Crippen molar-refractivity contribution in [2.75, 3.05) is 0 Å². The molecule has 0 saturated carbocycles. The summed E-state index contributed by atoms with van der Waals surface area (Å²) in [7, 11) is 0. The van der Waals surface area contributed by atoms with Crippen molar-refractivity contribution >= 4 is 0 Å². The molecule has 4 nitrogen and oxygen atoms in total. The van der Waals surface area contributed by atoms with Gasteiger partial charge in [0.25, 0.3) is 0 Å². The Morgan fingerprint density at radius 3 is 2.09 bits per heavy atom. The van der Waals surface area contributed by atoms with Gasteiger partial charge in [0.05, 0.1) is 5.60 Å². The van der Waals surface area contributed by atoms with Gasteiger partial charge in [0.1, 0.15) is 12.4 Å². The normalized spacial score (nSPS) is 11.8. The summed E-state index contributed by atoms with van der Waals surface area (Å²) in [4.78, 5) is 0. The zero-order chi connectivity index (χ0) is 24.7. The number of aliphatic hydroxyl groups excluding tert-OH is 1. The monoisotopic (exact) mass is 462 g/mol. The summed E-state index contributed by atoms with van der Waals surface area (Å²) in [5.74, 6) is 0.795. The lowest BCUT2D eigenvalue weighted by atomic mass is 9.84. The van der Waals surface area contributed by atoms with E-state index in [0.29, 0.717) is 25.0 Å². The molecule has 0 aliphatic carbocycles. The van der Waals surface area contributed by atoms with Crippen molar-refractivity contribution in [3.63, 3.8) is 0 Å². The highest BCUT2D eigenvalue weighted by atomic mass is 16.5. The summed E-state index contributed by atoms with van der Waals surface area (Å²) >= 11 is 0. The first-order chi connectivity index (χ1) is 16.3. The first-order valence-corrected chi connectivity index (χ1v) is 12.4. The van der Waals surface area contributed by atoms with Crippen molar-refractivity contribution in [1.29, 1.82) is 0 Å². The summed E-state index contributed by atoms with van der Waals surface area (Å²) in [6.07, 6.45) is 2.81. The molecule has 0 fully saturated rings. The molecule has 0 aromatic heterocycles. The number of ether oxygens (including phenoxy) is 1. The molecule has 0 amide bonds. The van der Waals surface area contributed by atoms with Crippen LogP contribution >= 0.6 is 0 Å². The molecule has 0 aliphatic heterocycles. The topological polar surface area (TPSA) is 69.9 Å². The van der Waals surface area contributed by atoms with E-state index in [4.69, 9.17) is 4.74 Å². The highest BCUT2D eigenvalue weighted by molar-refractivity contribution is 5.73. The molecule has 0 bridgehead atoms. The second-order valence-electron chi connectivity index (χ2n) is 8.94. The van der Waals surface area contributed by atoms with Gasteiger partial charge in [-0.25, -0.2) is 0 Å². The Bertz CT molecular complexity index is 1070. The first kappa shape index (κ1) is 26.0. The summed E-state index contributed by atoms with van der Waals surface area (Å²) in [6, 6.07) is 19.8. The third kappa shape index (κ3) is 5.87. The molecular weight excluding hydrogens is 424 g/mol. The van der Waals surface area contributed by atoms with Crippen LogP contribution in [-0.4, -0.2) is 15.3 Å². The van der Waals surface area contributed by atoms with Crippen molar-refractivity contribution in [3.8, 4) is 16.9 Å². The zero-order valence-corrected chi connectivity index (χ0v) is 20.8. The minimum atomic E-state index is -1.46. The van der Waals surface area contributed by atoms with Crippen molar-refractivity contribution < 1.29 is 20.1 Å². The summed E-state index contributed by atoms with van der Waals surface area (Å²) in [5, 5.41) is 29.6. The van der Waals surface area contributed by atoms with Gasteiger partial charge in [0.2, 0.25) is 0 Å². The molecule has 0 unspecified atom stereocenters. The van der Waals surface area contributed by atoms with Gasteiger partial charge in [0.15, 0.2) is 6.29 Å². The van der Waals surface area contributed by atoms with E-state index in [9.17, 15) is 15.3 Å². The van der Waals surface area contributed by atoms with E-state index in [0.717, 1.165) is 36.1 Å². The molecule has 182 valence electrons. The molecule has 0 aliphatic rings. The van der Waals surface area contributed by atoms with Crippen LogP contribution in [0.3, 0.4) is 0 Å². The number of aliphatic hydroxyl groups is 3. The van der Waals surface area contributed by atoms with Gasteiger partial charge in [0, 0.05) is 5.56 Å². The molecular formula is C30H38O4. The van der Waals surface area contributed by atoms with Crippen LogP contribution in [0, 0.1) is 0 Å². The molecule has 0 heterocycles. The van der Waals surface area contributed by atoms with E-state index in [1.807, 2.05) is 32.0 Å². The van der Waals surface area contributed by atoms with Gasteiger partial charge in [-0.05, 0) is 71.2 Å². The van der Waals surface area contributed by atoms with Crippen molar-refractivity contribution in [2.24, 2.45) is 0 Å². The molecule has 0 saturated heterocycles. The molecule has 0 atom stereocenters. The predicted molar refractivity (Wildman–Crippen MR) is 138 cm³/mol. The quantitative estimate of drug-likeness (QED) is 0.287. The van der Waals surface area contributed by atoms with Crippen LogP contribution in [0.25, 0.3) is 11.1 Å². The smallest absolute Gasteiger partial charge is 0.178 e. The predicted octanol–water partition coefficient (Wildman–Crippen LogP) is 6.44. The van der Waals surface area contributed by atoms with Crippen LogP contribution in [0.15, 0.2) is 60.7 Å². The average molecular weight is 463 g/mol. The average Bonchev–Trinajstić information content (AvgIpc) is 2.87. The SMILES string of the molecule is CCCc1cc(C(O)(CC)CC)ccc1-c1cc(OCc2ccc(C(O)O)cc2)ccc1CC. The van der Waals surface area contributed by atoms with Gasteiger partial charge >= 0.3 is 0 Å². The zero-order valence-electron chi connectivity index (χ0n) is 20.8. The minimum Gasteiger partial charge on any atom is -0.489 e. The Labute approximate surface area is 203 Å². The maximum atomic E-state index is 11.1. The Balaban J connectivity index is 1.93. The fourth-order valence-electron chi connectivity index (χ4n) is 4.44. The number of rotatable bonds is 11. The third-order valence-corrected chi connectivity index (χ3v) is 6.77. The van der Waals surface area contributed by atoms with Crippen LogP contribution < -0.4 is 4.74 Å². The van der Waals surface area contributed by atoms with Gasteiger partial charge < -0.3 is 20.1 Å². The van der Waals surface area contributed by atoms with E-state index in [1.165, 1.54) is 22.3 Å². The van der Waals surface area contributed by atoms with E-state index in [-0.39, 0.29) is 0 Å². The molecule has 3 aromatic rings. The van der Waals surface area contributed by atoms with E-state index in [2.05, 4.69) is 44.2 Å². The molecule has 0 radical (unpaired) electrons. The maximum Gasteiger partial charge on any atom is 0.178 e. The third-order valence-electron chi connectivity index (χ3n) is 6.77. The molecule has 4 heteroatoms. The first-order valence-electron chi connectivity index (χ1n) is 12.4. The second-order valence-corrected chi connectivity index (χ2v) is 8.94. The van der Waals surface area contributed by atoms with Crippen molar-refractivity contribution in [3.05, 3.63) is 88.5 Å². The molecule has 0 spiro atoms. The minimum absolute atomic E-state index is 0.396. The highest BCUT2D eigenvalue weighted by Crippen LogP contribution is 2.36. The molecule has 3 rings (SSSR count). The van der Waals surface area contributed by atoms with E-state index >= 15 is 0 Å². The van der Waals surface area contributed by atoms with Gasteiger partial charge in [-0.1, -0.05) is 82.6 Å². The summed E-state index contributed by atoms with van der Waals surface area (Å²) < 4.78 is 6.10. The Morgan fingerprint density at radius 2 is 1.50 bits per heavy atom. The number of hydrogen-bond donors (Lipinski definition) is 3. The Hall–Kier alpha value is -2.66. The fraction of sp³-hybridized carbons (Fsp3) is 0.400. The maximum absolute atomic E-state index is 11.1. The van der Waals surface area contributed by atoms with Crippen LogP contribution in [0.2, 0.25) is 0 Å². The van der Waals surface area contributed by atoms with Crippen LogP contribution in [0.4, 0.5) is 0 Å². The lowest BCUT2D eigenvalue weighted by Crippen LogP contribution is -2.23. The standard InChI is InChI=1S/C30H38O4/c1-5-9-24-18-25(30(33,7-3)8-4)15-17-27(24)28-19-26(16-14-22(28)6-2)34-20-21-10-12-23(13-11-21)29(31)32/h10-19,29,31-33H,5-9,20H2,1-4H3. The van der Waals surface area contributed by atoms with Crippen LogP contribution in [-0.2, 0) is 25.0 Å². The number of benzene rings is 3. The van der Waals surface area contributed by atoms with E-state index in [1.54, 1.807) is 12.1 Å². The highest BCUT2D eigenvalue weighted by Gasteiger charge is 2.25. The van der Waals surface area contributed by atoms with Gasteiger partial charge in [-0.2, -0.15) is 0 Å². The molecule has 3 N–H and O–H groups in total. The fourth-order valence-corrected chi connectivity index (χ4v) is 4.44. The van der Waals surface area contributed by atoms with E-state index < -0.39 is 11.9 Å². The van der Waals surface area contributed by atoms with Crippen LogP contribution in [0.5, 0.6) is 5.75 Å². The Kier molecular flexibility index (Phi) is 8.90. The number of hydrogen-bond acceptors (Lipinski definition) is 4. The van der Waals surface area contributed by atoms with Gasteiger partial charge in [-0.15, -0.1) is 0 Å². The number of aryl methyl sites for hydroxylation is 2. The lowest BCUT2D eigenvalue weighted by molar-refractivity contribution is -0.0425. The lowest BCUT2D eigenvalue weighted by Gasteiger charge is -2.27. The largest absolute Gasteiger partial charge is 0.489 e.